The third kappa shape index (κ3) is 3.47. The van der Waals surface area contributed by atoms with Crippen LogP contribution >= 0.6 is 0 Å². The van der Waals surface area contributed by atoms with Crippen LogP contribution in [-0.4, -0.2) is 36.5 Å². The Morgan fingerprint density at radius 1 is 1.25 bits per heavy atom. The van der Waals surface area contributed by atoms with Gasteiger partial charge in [-0.3, -0.25) is 4.79 Å². The molecular formula is C16H19NO3. The number of carbonyl (C=O) groups is 2. The highest BCUT2D eigenvalue weighted by molar-refractivity contribution is 5.94. The van der Waals surface area contributed by atoms with E-state index in [1.807, 2.05) is 30.3 Å². The number of ether oxygens (including phenoxy) is 1. The van der Waals surface area contributed by atoms with E-state index in [0.717, 1.165) is 18.4 Å². The van der Waals surface area contributed by atoms with Crippen molar-refractivity contribution >= 4 is 18.0 Å². The van der Waals surface area contributed by atoms with Crippen LogP contribution in [0.5, 0.6) is 0 Å². The Kier molecular flexibility index (Phi) is 4.93. The van der Waals surface area contributed by atoms with Gasteiger partial charge in [0.05, 0.1) is 7.11 Å². The van der Waals surface area contributed by atoms with E-state index in [2.05, 4.69) is 0 Å². The average Bonchev–Trinajstić information content (AvgIpc) is 2.52. The van der Waals surface area contributed by atoms with Crippen LogP contribution in [0.2, 0.25) is 0 Å². The Balaban J connectivity index is 2.06. The van der Waals surface area contributed by atoms with Crippen molar-refractivity contribution in [2.75, 3.05) is 13.7 Å². The summed E-state index contributed by atoms with van der Waals surface area (Å²) in [6.45, 7) is 0.609. The Bertz CT molecular complexity index is 496. The number of amides is 1. The molecule has 4 nitrogen and oxygen atoms in total. The molecule has 0 N–H and O–H groups in total. The van der Waals surface area contributed by atoms with Gasteiger partial charge in [0.25, 0.3) is 0 Å². The topological polar surface area (TPSA) is 46.6 Å². The van der Waals surface area contributed by atoms with Crippen LogP contribution < -0.4 is 0 Å². The lowest BCUT2D eigenvalue weighted by molar-refractivity contribution is -0.153. The number of nitrogens with zero attached hydrogens (tertiary/aromatic N) is 1. The number of esters is 1. The summed E-state index contributed by atoms with van der Waals surface area (Å²) in [7, 11) is 1.36. The molecule has 2 rings (SSSR count). The third-order valence-corrected chi connectivity index (χ3v) is 3.48. The second kappa shape index (κ2) is 6.89. The SMILES string of the molecule is COC(=O)C1CCCCN1C(=O)/C=C/c1ccccc1. The summed E-state index contributed by atoms with van der Waals surface area (Å²) >= 11 is 0. The van der Waals surface area contributed by atoms with Gasteiger partial charge in [-0.15, -0.1) is 0 Å². The molecule has 1 aliphatic rings. The van der Waals surface area contributed by atoms with E-state index in [4.69, 9.17) is 4.74 Å². The zero-order chi connectivity index (χ0) is 14.4. The molecular weight excluding hydrogens is 254 g/mol. The number of carbonyl (C=O) groups excluding carboxylic acids is 2. The Morgan fingerprint density at radius 3 is 2.70 bits per heavy atom. The van der Waals surface area contributed by atoms with Gasteiger partial charge < -0.3 is 9.64 Å². The molecule has 0 spiro atoms. The van der Waals surface area contributed by atoms with Crippen molar-refractivity contribution in [2.45, 2.75) is 25.3 Å². The lowest BCUT2D eigenvalue weighted by Gasteiger charge is -2.32. The van der Waals surface area contributed by atoms with E-state index in [1.54, 1.807) is 11.0 Å². The second-order valence-electron chi connectivity index (χ2n) is 4.81. The second-order valence-corrected chi connectivity index (χ2v) is 4.81. The minimum atomic E-state index is -0.443. The molecule has 1 aromatic rings. The Labute approximate surface area is 119 Å². The van der Waals surface area contributed by atoms with E-state index in [9.17, 15) is 9.59 Å². The quantitative estimate of drug-likeness (QED) is 0.627. The minimum absolute atomic E-state index is 0.135. The molecule has 0 aliphatic carbocycles. The molecule has 0 saturated carbocycles. The van der Waals surface area contributed by atoms with Crippen LogP contribution in [0.15, 0.2) is 36.4 Å². The van der Waals surface area contributed by atoms with Crippen LogP contribution in [0.3, 0.4) is 0 Å². The van der Waals surface area contributed by atoms with Crippen molar-refractivity contribution in [1.82, 2.24) is 4.90 Å². The minimum Gasteiger partial charge on any atom is -0.467 e. The fraction of sp³-hybridized carbons (Fsp3) is 0.375. The van der Waals surface area contributed by atoms with Gasteiger partial charge in [0.15, 0.2) is 0 Å². The Morgan fingerprint density at radius 2 is 2.00 bits per heavy atom. The summed E-state index contributed by atoms with van der Waals surface area (Å²) in [4.78, 5) is 25.6. The highest BCUT2D eigenvalue weighted by atomic mass is 16.5. The molecule has 0 bridgehead atoms. The summed E-state index contributed by atoms with van der Waals surface area (Å²) < 4.78 is 4.78. The van der Waals surface area contributed by atoms with Gasteiger partial charge in [0, 0.05) is 12.6 Å². The smallest absolute Gasteiger partial charge is 0.328 e. The summed E-state index contributed by atoms with van der Waals surface area (Å²) in [6, 6.07) is 9.18. The maximum Gasteiger partial charge on any atom is 0.328 e. The zero-order valence-electron chi connectivity index (χ0n) is 11.6. The highest BCUT2D eigenvalue weighted by Gasteiger charge is 2.31. The van der Waals surface area contributed by atoms with E-state index in [1.165, 1.54) is 13.2 Å². The van der Waals surface area contributed by atoms with Gasteiger partial charge in [-0.2, -0.15) is 0 Å². The molecule has 0 radical (unpaired) electrons. The monoisotopic (exact) mass is 273 g/mol. The van der Waals surface area contributed by atoms with Gasteiger partial charge in [-0.05, 0) is 30.9 Å². The van der Waals surface area contributed by atoms with Crippen molar-refractivity contribution in [3.63, 3.8) is 0 Å². The third-order valence-electron chi connectivity index (χ3n) is 3.48. The normalized spacial score (nSPS) is 19.1. The van der Waals surface area contributed by atoms with E-state index < -0.39 is 6.04 Å². The fourth-order valence-corrected chi connectivity index (χ4v) is 2.40. The number of rotatable bonds is 3. The van der Waals surface area contributed by atoms with E-state index in [-0.39, 0.29) is 11.9 Å². The maximum absolute atomic E-state index is 12.2. The van der Waals surface area contributed by atoms with Crippen LogP contribution in [0.1, 0.15) is 24.8 Å². The van der Waals surface area contributed by atoms with Gasteiger partial charge in [0.1, 0.15) is 6.04 Å². The lowest BCUT2D eigenvalue weighted by Crippen LogP contribution is -2.47. The first-order chi connectivity index (χ1) is 9.72. The zero-order valence-corrected chi connectivity index (χ0v) is 11.6. The number of hydrogen-bond donors (Lipinski definition) is 0. The highest BCUT2D eigenvalue weighted by Crippen LogP contribution is 2.18. The van der Waals surface area contributed by atoms with E-state index >= 15 is 0 Å². The van der Waals surface area contributed by atoms with E-state index in [0.29, 0.717) is 13.0 Å². The number of piperidine rings is 1. The fourth-order valence-electron chi connectivity index (χ4n) is 2.40. The standard InChI is InChI=1S/C16H19NO3/c1-20-16(19)14-9-5-6-12-17(14)15(18)11-10-13-7-3-2-4-8-13/h2-4,7-8,10-11,14H,5-6,9,12H2,1H3/b11-10+. The molecule has 20 heavy (non-hydrogen) atoms. The molecule has 0 aromatic heterocycles. The molecule has 1 saturated heterocycles. The predicted molar refractivity (Wildman–Crippen MR) is 76.8 cm³/mol. The molecule has 1 unspecified atom stereocenters. The van der Waals surface area contributed by atoms with Gasteiger partial charge in [-0.1, -0.05) is 30.3 Å². The number of likely N-dealkylation sites (tertiary alicyclic amines) is 1. The van der Waals surface area contributed by atoms with Gasteiger partial charge in [-0.25, -0.2) is 4.79 Å². The summed E-state index contributed by atoms with van der Waals surface area (Å²) in [5.41, 5.74) is 0.965. The molecule has 1 fully saturated rings. The first kappa shape index (κ1) is 14.3. The molecule has 1 atom stereocenters. The number of hydrogen-bond acceptors (Lipinski definition) is 3. The first-order valence-electron chi connectivity index (χ1n) is 6.84. The number of methoxy groups -OCH3 is 1. The molecule has 1 aliphatic heterocycles. The molecule has 106 valence electrons. The predicted octanol–water partition coefficient (Wildman–Crippen LogP) is 2.25. The van der Waals surface area contributed by atoms with Crippen molar-refractivity contribution in [3.05, 3.63) is 42.0 Å². The molecule has 1 amide bonds. The maximum atomic E-state index is 12.2. The summed E-state index contributed by atoms with van der Waals surface area (Å²) in [6.07, 6.45) is 5.85. The average molecular weight is 273 g/mol. The van der Waals surface area contributed by atoms with Crippen LogP contribution in [-0.2, 0) is 14.3 Å². The summed E-state index contributed by atoms with van der Waals surface area (Å²) in [5.74, 6) is -0.463. The first-order valence-corrected chi connectivity index (χ1v) is 6.84. The van der Waals surface area contributed by atoms with Crippen LogP contribution in [0.4, 0.5) is 0 Å². The summed E-state index contributed by atoms with van der Waals surface area (Å²) in [5, 5.41) is 0. The Hall–Kier alpha value is -2.10. The van der Waals surface area contributed by atoms with Crippen molar-refractivity contribution in [2.24, 2.45) is 0 Å². The molecule has 4 heteroatoms. The van der Waals surface area contributed by atoms with Crippen molar-refractivity contribution in [1.29, 1.82) is 0 Å². The lowest BCUT2D eigenvalue weighted by atomic mass is 10.0. The van der Waals surface area contributed by atoms with Crippen molar-refractivity contribution in [3.8, 4) is 0 Å². The molecule has 1 aromatic carbocycles. The largest absolute Gasteiger partial charge is 0.467 e. The molecule has 1 heterocycles. The van der Waals surface area contributed by atoms with Crippen molar-refractivity contribution < 1.29 is 14.3 Å². The van der Waals surface area contributed by atoms with Gasteiger partial charge in [0.2, 0.25) is 5.91 Å². The van der Waals surface area contributed by atoms with Gasteiger partial charge >= 0.3 is 5.97 Å². The van der Waals surface area contributed by atoms with Crippen LogP contribution in [0, 0.1) is 0 Å². The number of benzene rings is 1. The van der Waals surface area contributed by atoms with Crippen LogP contribution in [0.25, 0.3) is 6.08 Å².